The van der Waals surface area contributed by atoms with E-state index in [-0.39, 0.29) is 0 Å². The predicted octanol–water partition coefficient (Wildman–Crippen LogP) is 0.400. The Balaban J connectivity index is 2.23. The Morgan fingerprint density at radius 2 is 2.00 bits per heavy atom. The molecule has 0 aromatic heterocycles. The average molecular weight is 254 g/mol. The fourth-order valence-corrected chi connectivity index (χ4v) is 2.08. The van der Waals surface area contributed by atoms with E-state index in [1.165, 1.54) is 5.18 Å². The van der Waals surface area contributed by atoms with E-state index in [0.29, 0.717) is 11.0 Å². The molecule has 0 bridgehead atoms. The topological polar surface area (TPSA) is 60.5 Å². The Bertz CT molecular complexity index is 794. The van der Waals surface area contributed by atoms with Crippen molar-refractivity contribution < 1.29 is 15.0 Å². The summed E-state index contributed by atoms with van der Waals surface area (Å²) in [6.07, 6.45) is 2.01. The van der Waals surface area contributed by atoms with Crippen LogP contribution in [0, 0.1) is 11.8 Å². The number of benzene rings is 2. The van der Waals surface area contributed by atoms with Crippen molar-refractivity contribution in [3.05, 3.63) is 62.9 Å². The lowest BCUT2D eigenvalue weighted by atomic mass is 10.1. The smallest absolute Gasteiger partial charge is 0.418 e. The van der Waals surface area contributed by atoms with E-state index in [4.69, 9.17) is 4.74 Å². The Labute approximate surface area is 109 Å². The number of nitroso groups, excluding NO2 is 1. The SMILES string of the molecule is Cc1ccc2c(c1)Oc1c/c(=C(\O)[NH+]=O)ccc1=C2. The third-order valence-electron chi connectivity index (χ3n) is 3.08. The van der Waals surface area contributed by atoms with Crippen molar-refractivity contribution in [3.8, 4) is 11.5 Å². The maximum Gasteiger partial charge on any atom is 0.418 e. The summed E-state index contributed by atoms with van der Waals surface area (Å²) in [6, 6.07) is 11.1. The highest BCUT2D eigenvalue weighted by atomic mass is 16.5. The lowest BCUT2D eigenvalue weighted by molar-refractivity contribution is -0.400. The van der Waals surface area contributed by atoms with Crippen molar-refractivity contribution in [2.75, 3.05) is 0 Å². The lowest BCUT2D eigenvalue weighted by Crippen LogP contribution is -2.62. The molecule has 0 atom stereocenters. The average Bonchev–Trinajstić information content (AvgIpc) is 2.43. The number of fused-ring (bicyclic) bond motifs is 2. The van der Waals surface area contributed by atoms with E-state index < -0.39 is 5.88 Å². The molecule has 0 radical (unpaired) electrons. The number of aliphatic hydroxyl groups is 1. The van der Waals surface area contributed by atoms with Crippen molar-refractivity contribution >= 4 is 12.0 Å². The summed E-state index contributed by atoms with van der Waals surface area (Å²) in [5, 5.41) is 12.2. The predicted molar refractivity (Wildman–Crippen MR) is 70.9 cm³/mol. The molecule has 2 aromatic carbocycles. The summed E-state index contributed by atoms with van der Waals surface area (Å²) in [5.41, 5.74) is 2.13. The molecule has 94 valence electrons. The van der Waals surface area contributed by atoms with Crippen LogP contribution < -0.4 is 20.4 Å². The molecule has 0 fully saturated rings. The van der Waals surface area contributed by atoms with Gasteiger partial charge in [0, 0.05) is 15.7 Å². The van der Waals surface area contributed by atoms with Crippen molar-refractivity contribution in [1.82, 2.24) is 0 Å². The van der Waals surface area contributed by atoms with Crippen LogP contribution in [0.2, 0.25) is 0 Å². The zero-order chi connectivity index (χ0) is 13.4. The number of nitrogens with one attached hydrogen (secondary N) is 1. The molecule has 3 rings (SSSR count). The largest absolute Gasteiger partial charge is 0.457 e. The minimum Gasteiger partial charge on any atom is -0.457 e. The van der Waals surface area contributed by atoms with Gasteiger partial charge in [0.05, 0.1) is 10.4 Å². The van der Waals surface area contributed by atoms with Gasteiger partial charge in [-0.1, -0.05) is 18.2 Å². The van der Waals surface area contributed by atoms with Gasteiger partial charge in [0.25, 0.3) is 0 Å². The summed E-state index contributed by atoms with van der Waals surface area (Å²) in [4.78, 5) is 10.5. The standard InChI is InChI=1S/C15H11NO3/c1-9-2-3-10-7-11-4-5-12(15(17)16-18)8-14(11)19-13(10)6-9/h2-8,17H,1H3/p+1/b15-12-. The van der Waals surface area contributed by atoms with E-state index in [9.17, 15) is 10.0 Å². The maximum atomic E-state index is 10.5. The highest BCUT2D eigenvalue weighted by Gasteiger charge is 2.12. The van der Waals surface area contributed by atoms with Crippen LogP contribution in [0.1, 0.15) is 11.1 Å². The molecule has 4 nitrogen and oxygen atoms in total. The van der Waals surface area contributed by atoms with E-state index in [1.54, 1.807) is 18.2 Å². The Morgan fingerprint density at radius 1 is 1.16 bits per heavy atom. The molecule has 0 saturated carbocycles. The van der Waals surface area contributed by atoms with Gasteiger partial charge < -0.3 is 9.84 Å². The van der Waals surface area contributed by atoms with Crippen LogP contribution in [-0.2, 0) is 0 Å². The third kappa shape index (κ3) is 1.97. The van der Waals surface area contributed by atoms with Gasteiger partial charge >= 0.3 is 5.88 Å². The fourth-order valence-electron chi connectivity index (χ4n) is 2.08. The van der Waals surface area contributed by atoms with Crippen LogP contribution in [0.5, 0.6) is 11.5 Å². The Hall–Kier alpha value is -2.62. The van der Waals surface area contributed by atoms with Gasteiger partial charge in [-0.05, 0) is 36.8 Å². The summed E-state index contributed by atoms with van der Waals surface area (Å²) in [7, 11) is 0. The number of aliphatic hydroxyl groups excluding tert-OH is 1. The monoisotopic (exact) mass is 254 g/mol. The van der Waals surface area contributed by atoms with Gasteiger partial charge in [-0.25, -0.2) is 0 Å². The zero-order valence-electron chi connectivity index (χ0n) is 10.3. The molecule has 1 aliphatic heterocycles. The minimum absolute atomic E-state index is 0.401. The van der Waals surface area contributed by atoms with Gasteiger partial charge in [0.15, 0.2) is 0 Å². The molecular weight excluding hydrogens is 242 g/mol. The van der Waals surface area contributed by atoms with Crippen LogP contribution in [-0.4, -0.2) is 5.11 Å². The molecule has 19 heavy (non-hydrogen) atoms. The molecule has 2 N–H and O–H groups in total. The highest BCUT2D eigenvalue weighted by molar-refractivity contribution is 5.63. The molecule has 0 aliphatic carbocycles. The van der Waals surface area contributed by atoms with E-state index in [0.717, 1.165) is 22.1 Å². The van der Waals surface area contributed by atoms with Gasteiger partial charge in [0.2, 0.25) is 0 Å². The maximum absolute atomic E-state index is 10.5. The second-order valence-electron chi connectivity index (χ2n) is 4.49. The summed E-state index contributed by atoms with van der Waals surface area (Å²) in [5.74, 6) is 0.984. The molecular formula is C15H12NO3+. The first-order valence-corrected chi connectivity index (χ1v) is 5.89. The Morgan fingerprint density at radius 3 is 2.79 bits per heavy atom. The molecule has 4 heteroatoms. The molecule has 0 amide bonds. The summed E-state index contributed by atoms with van der Waals surface area (Å²) in [6.45, 7) is 2.00. The van der Waals surface area contributed by atoms with E-state index in [2.05, 4.69) is 0 Å². The van der Waals surface area contributed by atoms with Crippen LogP contribution >= 0.6 is 0 Å². The lowest BCUT2D eigenvalue weighted by Gasteiger charge is -2.15. The second-order valence-corrected chi connectivity index (χ2v) is 4.49. The minimum atomic E-state index is -0.415. The molecule has 0 saturated heterocycles. The Kier molecular flexibility index (Phi) is 2.56. The second kappa shape index (κ2) is 4.24. The van der Waals surface area contributed by atoms with Crippen molar-refractivity contribution in [3.63, 3.8) is 0 Å². The van der Waals surface area contributed by atoms with E-state index in [1.807, 2.05) is 31.2 Å². The van der Waals surface area contributed by atoms with Crippen LogP contribution in [0.4, 0.5) is 0 Å². The number of rotatable bonds is 1. The summed E-state index contributed by atoms with van der Waals surface area (Å²) >= 11 is 0. The molecule has 1 aliphatic rings. The van der Waals surface area contributed by atoms with E-state index >= 15 is 0 Å². The molecule has 1 heterocycles. The number of hydrogen-bond donors (Lipinski definition) is 2. The van der Waals surface area contributed by atoms with Crippen LogP contribution in [0.25, 0.3) is 12.0 Å². The first kappa shape index (κ1) is 11.5. The van der Waals surface area contributed by atoms with Crippen LogP contribution in [0.15, 0.2) is 36.4 Å². The molecule has 0 spiro atoms. The van der Waals surface area contributed by atoms with Gasteiger partial charge in [-0.2, -0.15) is 0 Å². The normalized spacial score (nSPS) is 13.5. The summed E-state index contributed by atoms with van der Waals surface area (Å²) < 4.78 is 5.81. The number of ether oxygens (including phenoxy) is 1. The molecule has 0 unspecified atom stereocenters. The first-order valence-electron chi connectivity index (χ1n) is 5.89. The van der Waals surface area contributed by atoms with Gasteiger partial charge in [0.1, 0.15) is 11.5 Å². The third-order valence-corrected chi connectivity index (χ3v) is 3.08. The quantitative estimate of drug-likeness (QED) is 0.661. The fraction of sp³-hybridized carbons (Fsp3) is 0.0667. The number of aryl methyl sites for hydroxylation is 1. The highest BCUT2D eigenvalue weighted by Crippen LogP contribution is 2.28. The number of hydrogen-bond acceptors (Lipinski definition) is 3. The van der Waals surface area contributed by atoms with Gasteiger partial charge in [-0.3, -0.25) is 0 Å². The zero-order valence-corrected chi connectivity index (χ0v) is 10.3. The van der Waals surface area contributed by atoms with Crippen molar-refractivity contribution in [1.29, 1.82) is 0 Å². The van der Waals surface area contributed by atoms with Crippen molar-refractivity contribution in [2.24, 2.45) is 0 Å². The van der Waals surface area contributed by atoms with Gasteiger partial charge in [-0.15, -0.1) is 0 Å². The van der Waals surface area contributed by atoms with Crippen LogP contribution in [0.3, 0.4) is 0 Å². The first-order chi connectivity index (χ1) is 9.17. The molecule has 2 aromatic rings. The van der Waals surface area contributed by atoms with Crippen molar-refractivity contribution in [2.45, 2.75) is 6.92 Å².